The van der Waals surface area contributed by atoms with Crippen LogP contribution in [0.3, 0.4) is 0 Å². The second-order valence-electron chi connectivity index (χ2n) is 8.69. The van der Waals surface area contributed by atoms with E-state index in [4.69, 9.17) is 9.47 Å². The monoisotopic (exact) mass is 433 g/mol. The van der Waals surface area contributed by atoms with Gasteiger partial charge in [0.25, 0.3) is 5.91 Å². The van der Waals surface area contributed by atoms with Crippen LogP contribution in [0.1, 0.15) is 37.7 Å². The molecule has 1 saturated heterocycles. The summed E-state index contributed by atoms with van der Waals surface area (Å²) >= 11 is 0. The number of rotatable bonds is 8. The minimum absolute atomic E-state index is 0.108. The highest BCUT2D eigenvalue weighted by atomic mass is 16.5. The first-order valence-corrected chi connectivity index (χ1v) is 11.1. The summed E-state index contributed by atoms with van der Waals surface area (Å²) < 4.78 is 11.0. The fraction of sp³-hybridized carbons (Fsp3) is 0.636. The molecule has 1 aromatic rings. The van der Waals surface area contributed by atoms with Gasteiger partial charge >= 0.3 is 6.09 Å². The van der Waals surface area contributed by atoms with E-state index in [1.807, 2.05) is 0 Å². The Hall–Kier alpha value is -2.36. The number of likely N-dealkylation sites (tertiary alicyclic amines) is 1. The number of alkyl carbamates (subject to hydrolysis) is 1. The number of amides is 2. The second kappa shape index (κ2) is 9.84. The summed E-state index contributed by atoms with van der Waals surface area (Å²) in [6.45, 7) is 2.70. The van der Waals surface area contributed by atoms with Crippen molar-refractivity contribution >= 4 is 17.7 Å². The van der Waals surface area contributed by atoms with Crippen molar-refractivity contribution < 1.29 is 29.4 Å². The molecule has 0 radical (unpaired) electrons. The van der Waals surface area contributed by atoms with Gasteiger partial charge in [-0.25, -0.2) is 4.79 Å². The first-order valence-electron chi connectivity index (χ1n) is 11.1. The van der Waals surface area contributed by atoms with Crippen molar-refractivity contribution in [1.82, 2.24) is 10.2 Å². The zero-order valence-corrected chi connectivity index (χ0v) is 17.7. The maximum absolute atomic E-state index is 11.8. The highest BCUT2D eigenvalue weighted by Gasteiger charge is 2.27. The molecule has 2 heterocycles. The summed E-state index contributed by atoms with van der Waals surface area (Å²) in [6.07, 6.45) is 3.68. The Balaban J connectivity index is 1.18. The van der Waals surface area contributed by atoms with Gasteiger partial charge in [-0.05, 0) is 50.2 Å². The Kier molecular flexibility index (Phi) is 6.94. The van der Waals surface area contributed by atoms with E-state index in [-0.39, 0.29) is 31.1 Å². The highest BCUT2D eigenvalue weighted by molar-refractivity contribution is 5.94. The van der Waals surface area contributed by atoms with Gasteiger partial charge < -0.3 is 24.8 Å². The molecule has 3 N–H and O–H groups in total. The van der Waals surface area contributed by atoms with E-state index in [2.05, 4.69) is 10.2 Å². The van der Waals surface area contributed by atoms with Crippen LogP contribution in [0.25, 0.3) is 0 Å². The van der Waals surface area contributed by atoms with Gasteiger partial charge in [0.1, 0.15) is 18.5 Å². The molecule has 9 heteroatoms. The normalized spacial score (nSPS) is 20.8. The number of carbonyl (C=O) groups is 2. The summed E-state index contributed by atoms with van der Waals surface area (Å²) in [5.41, 5.74) is 1.21. The first-order chi connectivity index (χ1) is 15.0. The van der Waals surface area contributed by atoms with Gasteiger partial charge in [0.15, 0.2) is 0 Å². The van der Waals surface area contributed by atoms with Gasteiger partial charge in [-0.3, -0.25) is 10.0 Å². The fourth-order valence-corrected chi connectivity index (χ4v) is 4.09. The van der Waals surface area contributed by atoms with Crippen LogP contribution in [-0.4, -0.2) is 72.2 Å². The zero-order chi connectivity index (χ0) is 21.8. The molecule has 1 aromatic carbocycles. The van der Waals surface area contributed by atoms with Crippen LogP contribution in [0.5, 0.6) is 5.75 Å². The maximum atomic E-state index is 11.8. The lowest BCUT2D eigenvalue weighted by atomic mass is 10.0. The number of aliphatic hydroxyl groups excluding tert-OH is 1. The molecular formula is C22H31N3O6. The van der Waals surface area contributed by atoms with E-state index < -0.39 is 6.10 Å². The van der Waals surface area contributed by atoms with Crippen LogP contribution in [-0.2, 0) is 16.0 Å². The van der Waals surface area contributed by atoms with Crippen molar-refractivity contribution in [3.8, 4) is 5.75 Å². The number of ether oxygens (including phenoxy) is 2. The topological polar surface area (TPSA) is 112 Å². The smallest absolute Gasteiger partial charge is 0.407 e. The molecule has 1 aliphatic carbocycles. The van der Waals surface area contributed by atoms with Crippen molar-refractivity contribution in [2.24, 2.45) is 5.92 Å². The number of fused-ring (bicyclic) bond motifs is 1. The quantitative estimate of drug-likeness (QED) is 0.535. The van der Waals surface area contributed by atoms with Crippen molar-refractivity contribution in [1.29, 1.82) is 0 Å². The zero-order valence-electron chi connectivity index (χ0n) is 17.7. The van der Waals surface area contributed by atoms with E-state index in [1.165, 1.54) is 0 Å². The number of carbonyl (C=O) groups excluding carboxylic acids is 2. The summed E-state index contributed by atoms with van der Waals surface area (Å²) in [4.78, 5) is 25.6. The van der Waals surface area contributed by atoms with Gasteiger partial charge in [-0.2, -0.15) is 5.06 Å². The lowest BCUT2D eigenvalue weighted by molar-refractivity contribution is -0.124. The SMILES string of the molecule is O=C(NC1CCN(CC(O)COc2cccc3c2CCC(=O)N3O)CC1)OCC1CC1. The number of β-amino-alcohol motifs (C(OH)–C–C–N with tert-alkyl or cyclic N) is 1. The van der Waals surface area contributed by atoms with Crippen molar-refractivity contribution in [2.45, 2.75) is 50.7 Å². The van der Waals surface area contributed by atoms with Crippen LogP contribution in [0.2, 0.25) is 0 Å². The minimum Gasteiger partial charge on any atom is -0.490 e. The number of anilines is 1. The molecule has 1 unspecified atom stereocenters. The summed E-state index contributed by atoms with van der Waals surface area (Å²) in [5.74, 6) is 0.803. The molecule has 0 spiro atoms. The van der Waals surface area contributed by atoms with E-state index >= 15 is 0 Å². The molecule has 4 rings (SSSR count). The summed E-state index contributed by atoms with van der Waals surface area (Å²) in [7, 11) is 0. The summed E-state index contributed by atoms with van der Waals surface area (Å²) in [6, 6.07) is 5.29. The molecule has 2 aliphatic heterocycles. The molecule has 2 amide bonds. The van der Waals surface area contributed by atoms with Crippen molar-refractivity contribution in [3.05, 3.63) is 23.8 Å². The third kappa shape index (κ3) is 5.87. The largest absolute Gasteiger partial charge is 0.490 e. The Morgan fingerprint density at radius 2 is 1.97 bits per heavy atom. The number of piperidine rings is 1. The average Bonchev–Trinajstić information content (AvgIpc) is 3.59. The van der Waals surface area contributed by atoms with Crippen LogP contribution >= 0.6 is 0 Å². The van der Waals surface area contributed by atoms with Crippen LogP contribution in [0.15, 0.2) is 18.2 Å². The van der Waals surface area contributed by atoms with E-state index in [9.17, 15) is 19.9 Å². The molecule has 2 fully saturated rings. The number of nitrogens with one attached hydrogen (secondary N) is 1. The highest BCUT2D eigenvalue weighted by Crippen LogP contribution is 2.34. The van der Waals surface area contributed by atoms with Crippen LogP contribution in [0.4, 0.5) is 10.5 Å². The van der Waals surface area contributed by atoms with E-state index in [1.54, 1.807) is 18.2 Å². The predicted molar refractivity (Wildman–Crippen MR) is 112 cm³/mol. The lowest BCUT2D eigenvalue weighted by Crippen LogP contribution is -2.47. The molecule has 0 bridgehead atoms. The second-order valence-corrected chi connectivity index (χ2v) is 8.69. The Morgan fingerprint density at radius 3 is 2.71 bits per heavy atom. The van der Waals surface area contributed by atoms with Crippen molar-refractivity contribution in [2.75, 3.05) is 37.9 Å². The predicted octanol–water partition coefficient (Wildman–Crippen LogP) is 1.70. The molecule has 170 valence electrons. The van der Waals surface area contributed by atoms with Gasteiger partial charge in [0.2, 0.25) is 0 Å². The number of hydroxylamine groups is 1. The third-order valence-electron chi connectivity index (χ3n) is 6.12. The lowest BCUT2D eigenvalue weighted by Gasteiger charge is -2.33. The molecule has 31 heavy (non-hydrogen) atoms. The van der Waals surface area contributed by atoms with Gasteiger partial charge in [0.05, 0.1) is 12.3 Å². The summed E-state index contributed by atoms with van der Waals surface area (Å²) in [5, 5.41) is 24.0. The van der Waals surface area contributed by atoms with E-state index in [0.29, 0.717) is 42.0 Å². The fourth-order valence-electron chi connectivity index (χ4n) is 4.09. The Labute approximate surface area is 181 Å². The van der Waals surface area contributed by atoms with Crippen molar-refractivity contribution in [3.63, 3.8) is 0 Å². The standard InChI is InChI=1S/C22H31N3O6/c26-17(14-30-20-3-1-2-19-18(20)6-7-21(27)25(19)29)12-24-10-8-16(9-11-24)23-22(28)31-13-15-4-5-15/h1-3,15-17,26,29H,4-14H2,(H,23,28). The number of nitrogens with zero attached hydrogens (tertiary/aromatic N) is 2. The third-order valence-corrected chi connectivity index (χ3v) is 6.12. The maximum Gasteiger partial charge on any atom is 0.407 e. The number of hydrogen-bond acceptors (Lipinski definition) is 7. The number of hydrogen-bond donors (Lipinski definition) is 3. The molecule has 3 aliphatic rings. The van der Waals surface area contributed by atoms with Crippen LogP contribution in [0, 0.1) is 5.92 Å². The molecule has 1 saturated carbocycles. The Morgan fingerprint density at radius 1 is 1.19 bits per heavy atom. The Bertz CT molecular complexity index is 791. The molecular weight excluding hydrogens is 402 g/mol. The average molecular weight is 434 g/mol. The first kappa shape index (κ1) is 21.9. The van der Waals surface area contributed by atoms with Gasteiger partial charge in [-0.15, -0.1) is 0 Å². The van der Waals surface area contributed by atoms with Gasteiger partial charge in [0, 0.05) is 37.7 Å². The molecule has 9 nitrogen and oxygen atoms in total. The van der Waals surface area contributed by atoms with Crippen LogP contribution < -0.4 is 15.1 Å². The molecule has 1 atom stereocenters. The number of aliphatic hydroxyl groups is 1. The van der Waals surface area contributed by atoms with E-state index in [0.717, 1.165) is 44.3 Å². The minimum atomic E-state index is -0.667. The number of benzene rings is 1. The molecule has 0 aromatic heterocycles. The van der Waals surface area contributed by atoms with Gasteiger partial charge in [-0.1, -0.05) is 6.07 Å².